The van der Waals surface area contributed by atoms with Crippen molar-refractivity contribution in [2.24, 2.45) is 0 Å². The largest absolute Gasteiger partial charge is 0.389 e. The molecule has 17 heavy (non-hydrogen) atoms. The maximum absolute atomic E-state index is 11.6. The van der Waals surface area contributed by atoms with Gasteiger partial charge in [-0.3, -0.25) is 4.79 Å². The van der Waals surface area contributed by atoms with Crippen molar-refractivity contribution in [3.05, 3.63) is 29.8 Å². The summed E-state index contributed by atoms with van der Waals surface area (Å²) >= 11 is 0. The van der Waals surface area contributed by atoms with Crippen LogP contribution in [0.2, 0.25) is 0 Å². The number of hydrogen-bond donors (Lipinski definition) is 1. The Balaban J connectivity index is 2.88. The molecule has 4 nitrogen and oxygen atoms in total. The van der Waals surface area contributed by atoms with E-state index in [0.29, 0.717) is 6.54 Å². The second kappa shape index (κ2) is 5.68. The number of aliphatic hydroxyl groups is 1. The first kappa shape index (κ1) is 13.5. The number of amides is 1. The second-order valence-corrected chi connectivity index (χ2v) is 4.38. The van der Waals surface area contributed by atoms with Crippen molar-refractivity contribution >= 4 is 11.6 Å². The first-order valence-electron chi connectivity index (χ1n) is 5.61. The van der Waals surface area contributed by atoms with E-state index in [-0.39, 0.29) is 5.91 Å². The summed E-state index contributed by atoms with van der Waals surface area (Å²) in [6, 6.07) is 7.56. The van der Waals surface area contributed by atoms with Gasteiger partial charge in [0.1, 0.15) is 0 Å². The molecule has 0 heterocycles. The van der Waals surface area contributed by atoms with Gasteiger partial charge >= 0.3 is 0 Å². The third kappa shape index (κ3) is 3.46. The fourth-order valence-corrected chi connectivity index (χ4v) is 1.62. The van der Waals surface area contributed by atoms with Gasteiger partial charge in [0, 0.05) is 32.4 Å². The lowest BCUT2D eigenvalue weighted by molar-refractivity contribution is -0.127. The molecule has 94 valence electrons. The fraction of sp³-hybridized carbons (Fsp3) is 0.462. The van der Waals surface area contributed by atoms with E-state index in [9.17, 15) is 9.90 Å². The average molecular weight is 236 g/mol. The minimum absolute atomic E-state index is 0.0351. The van der Waals surface area contributed by atoms with Crippen LogP contribution in [-0.2, 0) is 4.79 Å². The minimum Gasteiger partial charge on any atom is -0.389 e. The highest BCUT2D eigenvalue weighted by atomic mass is 16.3. The summed E-state index contributed by atoms with van der Waals surface area (Å²) in [7, 11) is 5.32. The zero-order valence-corrected chi connectivity index (χ0v) is 10.8. The maximum Gasteiger partial charge on any atom is 0.241 e. The Morgan fingerprint density at radius 2 is 1.88 bits per heavy atom. The van der Waals surface area contributed by atoms with Crippen LogP contribution >= 0.6 is 0 Å². The number of benzene rings is 1. The first-order chi connectivity index (χ1) is 7.93. The highest BCUT2D eigenvalue weighted by molar-refractivity contribution is 5.81. The Kier molecular flexibility index (Phi) is 4.52. The van der Waals surface area contributed by atoms with Crippen LogP contribution in [0.1, 0.15) is 18.6 Å². The SMILES string of the molecule is C[C@H](O)c1ccccc1N(C)CC(=O)N(C)C. The fourth-order valence-electron chi connectivity index (χ4n) is 1.62. The van der Waals surface area contributed by atoms with Gasteiger partial charge in [-0.2, -0.15) is 0 Å². The number of likely N-dealkylation sites (N-methyl/N-ethyl adjacent to an activating group) is 2. The summed E-state index contributed by atoms with van der Waals surface area (Å²) in [5.74, 6) is 0.0351. The molecule has 0 fully saturated rings. The van der Waals surface area contributed by atoms with E-state index in [2.05, 4.69) is 0 Å². The molecule has 1 aromatic carbocycles. The van der Waals surface area contributed by atoms with Crippen molar-refractivity contribution in [2.75, 3.05) is 32.6 Å². The highest BCUT2D eigenvalue weighted by Crippen LogP contribution is 2.24. The Morgan fingerprint density at radius 1 is 1.29 bits per heavy atom. The van der Waals surface area contributed by atoms with Gasteiger partial charge in [0.2, 0.25) is 5.91 Å². The lowest BCUT2D eigenvalue weighted by Crippen LogP contribution is -2.34. The van der Waals surface area contributed by atoms with Crippen molar-refractivity contribution < 1.29 is 9.90 Å². The molecule has 1 rings (SSSR count). The van der Waals surface area contributed by atoms with Crippen LogP contribution in [0.5, 0.6) is 0 Å². The number of carbonyl (C=O) groups excluding carboxylic acids is 1. The quantitative estimate of drug-likeness (QED) is 0.856. The maximum atomic E-state index is 11.6. The molecule has 0 aliphatic heterocycles. The van der Waals surface area contributed by atoms with Gasteiger partial charge in [0.05, 0.1) is 12.6 Å². The Labute approximate surface area is 102 Å². The molecule has 0 saturated heterocycles. The molecule has 0 bridgehead atoms. The monoisotopic (exact) mass is 236 g/mol. The first-order valence-corrected chi connectivity index (χ1v) is 5.61. The van der Waals surface area contributed by atoms with Gasteiger partial charge in [0.15, 0.2) is 0 Å². The standard InChI is InChI=1S/C13H20N2O2/c1-10(16)11-7-5-6-8-12(11)15(4)9-13(17)14(2)3/h5-8,10,16H,9H2,1-4H3/t10-/m0/s1. The average Bonchev–Trinajstić information content (AvgIpc) is 2.28. The molecular formula is C13H20N2O2. The van der Waals surface area contributed by atoms with E-state index in [4.69, 9.17) is 0 Å². The second-order valence-electron chi connectivity index (χ2n) is 4.38. The third-order valence-electron chi connectivity index (χ3n) is 2.67. The van der Waals surface area contributed by atoms with Crippen LogP contribution in [0.3, 0.4) is 0 Å². The van der Waals surface area contributed by atoms with Crippen molar-refractivity contribution in [3.8, 4) is 0 Å². The predicted octanol–water partition coefficient (Wildman–Crippen LogP) is 1.26. The van der Waals surface area contributed by atoms with E-state index in [0.717, 1.165) is 11.3 Å². The molecule has 1 aromatic rings. The lowest BCUT2D eigenvalue weighted by atomic mass is 10.1. The molecule has 1 amide bonds. The van der Waals surface area contributed by atoms with Gasteiger partial charge in [0.25, 0.3) is 0 Å². The van der Waals surface area contributed by atoms with Gasteiger partial charge in [-0.05, 0) is 13.0 Å². The number of para-hydroxylation sites is 1. The number of nitrogens with zero attached hydrogens (tertiary/aromatic N) is 2. The van der Waals surface area contributed by atoms with Crippen molar-refractivity contribution in [3.63, 3.8) is 0 Å². The molecule has 1 N–H and O–H groups in total. The third-order valence-corrected chi connectivity index (χ3v) is 2.67. The molecule has 0 radical (unpaired) electrons. The summed E-state index contributed by atoms with van der Waals surface area (Å²) < 4.78 is 0. The van der Waals surface area contributed by atoms with Crippen LogP contribution in [0.4, 0.5) is 5.69 Å². The van der Waals surface area contributed by atoms with Crippen molar-refractivity contribution in [1.82, 2.24) is 4.90 Å². The van der Waals surface area contributed by atoms with Gasteiger partial charge in [-0.15, -0.1) is 0 Å². The van der Waals surface area contributed by atoms with E-state index >= 15 is 0 Å². The highest BCUT2D eigenvalue weighted by Gasteiger charge is 2.14. The normalized spacial score (nSPS) is 12.1. The minimum atomic E-state index is -0.539. The van der Waals surface area contributed by atoms with E-state index < -0.39 is 6.10 Å². The van der Waals surface area contributed by atoms with Crippen LogP contribution < -0.4 is 4.90 Å². The smallest absolute Gasteiger partial charge is 0.241 e. The van der Waals surface area contributed by atoms with E-state index in [1.165, 1.54) is 0 Å². The summed E-state index contributed by atoms with van der Waals surface area (Å²) in [4.78, 5) is 15.0. The molecule has 4 heteroatoms. The zero-order chi connectivity index (χ0) is 13.0. The van der Waals surface area contributed by atoms with Crippen molar-refractivity contribution in [1.29, 1.82) is 0 Å². The number of carbonyl (C=O) groups is 1. The van der Waals surface area contributed by atoms with Gasteiger partial charge < -0.3 is 14.9 Å². The zero-order valence-electron chi connectivity index (χ0n) is 10.8. The number of rotatable bonds is 4. The van der Waals surface area contributed by atoms with Crippen molar-refractivity contribution in [2.45, 2.75) is 13.0 Å². The van der Waals surface area contributed by atoms with Crippen LogP contribution in [0.15, 0.2) is 24.3 Å². The predicted molar refractivity (Wildman–Crippen MR) is 69.0 cm³/mol. The molecule has 0 aromatic heterocycles. The van der Waals surface area contributed by atoms with Crippen LogP contribution in [-0.4, -0.2) is 43.6 Å². The summed E-state index contributed by atoms with van der Waals surface area (Å²) in [5.41, 5.74) is 1.72. The van der Waals surface area contributed by atoms with Crippen LogP contribution in [0, 0.1) is 0 Å². The molecule has 0 spiro atoms. The Morgan fingerprint density at radius 3 is 2.41 bits per heavy atom. The molecule has 0 saturated carbocycles. The number of anilines is 1. The van der Waals surface area contributed by atoms with E-state index in [1.54, 1.807) is 25.9 Å². The topological polar surface area (TPSA) is 43.8 Å². The number of aliphatic hydroxyl groups excluding tert-OH is 1. The summed E-state index contributed by atoms with van der Waals surface area (Å²) in [5, 5.41) is 9.67. The number of hydrogen-bond acceptors (Lipinski definition) is 3. The summed E-state index contributed by atoms with van der Waals surface area (Å²) in [6.45, 7) is 2.02. The van der Waals surface area contributed by atoms with Gasteiger partial charge in [-0.25, -0.2) is 0 Å². The van der Waals surface area contributed by atoms with E-state index in [1.807, 2.05) is 36.2 Å². The summed E-state index contributed by atoms with van der Waals surface area (Å²) in [6.07, 6.45) is -0.539. The molecule has 1 atom stereocenters. The molecular weight excluding hydrogens is 216 g/mol. The lowest BCUT2D eigenvalue weighted by Gasteiger charge is -2.24. The van der Waals surface area contributed by atoms with Crippen LogP contribution in [0.25, 0.3) is 0 Å². The van der Waals surface area contributed by atoms with Gasteiger partial charge in [-0.1, -0.05) is 18.2 Å². The molecule has 0 aliphatic rings. The Bertz CT molecular complexity index is 389. The molecule has 0 aliphatic carbocycles. The molecule has 0 unspecified atom stereocenters. The Hall–Kier alpha value is -1.55.